The number of pyridine rings is 3. The molecule has 0 atom stereocenters. The molecule has 5 rings (SSSR count). The Kier molecular flexibility index (Phi) is 5.77. The molecule has 172 valence electrons. The molecule has 8 nitrogen and oxygen atoms in total. The standard InChI is InChI=1S/C25H22FN5O3/c26-19-11-15(14-32)1-3-18(19)21-12-22(24-20(29-21)5-8-27-25(24)34)30-23-4-2-16(13-28-23)31-9-6-17(33)7-10-31/h1-5,8,11-14,17,33H,6-7,9-10H2,(H,27,34)(H,28,29,30). The van der Waals surface area contributed by atoms with Crippen molar-refractivity contribution in [1.82, 2.24) is 15.0 Å². The van der Waals surface area contributed by atoms with Crippen LogP contribution in [-0.2, 0) is 0 Å². The number of H-pyrrole nitrogens is 1. The molecular formula is C25H22FN5O3. The lowest BCUT2D eigenvalue weighted by Crippen LogP contribution is -2.35. The second-order valence-corrected chi connectivity index (χ2v) is 8.22. The van der Waals surface area contributed by atoms with Gasteiger partial charge in [-0.05, 0) is 49.2 Å². The molecule has 1 fully saturated rings. The number of aldehydes is 1. The normalized spacial score (nSPS) is 14.4. The van der Waals surface area contributed by atoms with Crippen LogP contribution < -0.4 is 15.8 Å². The Bertz CT molecular complexity index is 1410. The topological polar surface area (TPSA) is 111 Å². The van der Waals surface area contributed by atoms with Gasteiger partial charge < -0.3 is 20.3 Å². The number of hydrogen-bond donors (Lipinski definition) is 3. The van der Waals surface area contributed by atoms with Crippen molar-refractivity contribution in [2.24, 2.45) is 0 Å². The molecule has 1 aliphatic rings. The SMILES string of the molecule is O=Cc1ccc(-c2cc(Nc3ccc(N4CCC(O)CC4)cn3)c3c(=O)[nH]ccc3n2)c(F)c1. The lowest BCUT2D eigenvalue weighted by atomic mass is 10.1. The molecule has 0 amide bonds. The van der Waals surface area contributed by atoms with Gasteiger partial charge in [-0.25, -0.2) is 14.4 Å². The first-order valence-electron chi connectivity index (χ1n) is 11.0. The number of aliphatic hydroxyl groups is 1. The van der Waals surface area contributed by atoms with Crippen LogP contribution in [0.25, 0.3) is 22.2 Å². The van der Waals surface area contributed by atoms with Crippen molar-refractivity contribution in [2.45, 2.75) is 18.9 Å². The van der Waals surface area contributed by atoms with E-state index in [2.05, 4.69) is 25.2 Å². The zero-order valence-electron chi connectivity index (χ0n) is 18.2. The number of nitrogens with zero attached hydrogens (tertiary/aromatic N) is 3. The van der Waals surface area contributed by atoms with E-state index in [1.54, 1.807) is 18.3 Å². The average molecular weight is 459 g/mol. The molecule has 0 spiro atoms. The Hall–Kier alpha value is -4.11. The smallest absolute Gasteiger partial charge is 0.259 e. The fourth-order valence-electron chi connectivity index (χ4n) is 4.15. The minimum absolute atomic E-state index is 0.214. The van der Waals surface area contributed by atoms with E-state index in [4.69, 9.17) is 0 Å². The van der Waals surface area contributed by atoms with Crippen LogP contribution in [0.5, 0.6) is 0 Å². The first-order valence-corrected chi connectivity index (χ1v) is 11.0. The Morgan fingerprint density at radius 1 is 1.15 bits per heavy atom. The van der Waals surface area contributed by atoms with Crippen LogP contribution >= 0.6 is 0 Å². The van der Waals surface area contributed by atoms with Gasteiger partial charge in [0, 0.05) is 30.4 Å². The second kappa shape index (κ2) is 9.03. The number of halogens is 1. The number of nitrogens with one attached hydrogen (secondary N) is 2. The fraction of sp³-hybridized carbons (Fsp3) is 0.200. The number of aliphatic hydroxyl groups excluding tert-OH is 1. The van der Waals surface area contributed by atoms with Crippen molar-refractivity contribution in [2.75, 3.05) is 23.3 Å². The highest BCUT2D eigenvalue weighted by molar-refractivity contribution is 5.94. The molecule has 0 aliphatic carbocycles. The van der Waals surface area contributed by atoms with Crippen molar-refractivity contribution >= 4 is 34.4 Å². The van der Waals surface area contributed by atoms with E-state index in [9.17, 15) is 19.1 Å². The summed E-state index contributed by atoms with van der Waals surface area (Å²) in [5, 5.41) is 13.2. The van der Waals surface area contributed by atoms with Gasteiger partial charge in [-0.1, -0.05) is 6.07 Å². The molecule has 1 aromatic carbocycles. The third kappa shape index (κ3) is 4.25. The fourth-order valence-corrected chi connectivity index (χ4v) is 4.15. The first-order chi connectivity index (χ1) is 16.5. The Morgan fingerprint density at radius 3 is 2.68 bits per heavy atom. The molecule has 4 aromatic rings. The number of rotatable bonds is 5. The minimum Gasteiger partial charge on any atom is -0.393 e. The Morgan fingerprint density at radius 2 is 1.97 bits per heavy atom. The van der Waals surface area contributed by atoms with E-state index in [0.717, 1.165) is 37.7 Å². The van der Waals surface area contributed by atoms with Crippen molar-refractivity contribution in [3.05, 3.63) is 76.6 Å². The molecule has 0 radical (unpaired) electrons. The van der Waals surface area contributed by atoms with E-state index in [-0.39, 0.29) is 22.8 Å². The van der Waals surface area contributed by atoms with E-state index in [0.29, 0.717) is 34.4 Å². The number of aromatic nitrogens is 3. The quantitative estimate of drug-likeness (QED) is 0.391. The summed E-state index contributed by atoms with van der Waals surface area (Å²) in [6.45, 7) is 1.52. The maximum absolute atomic E-state index is 14.7. The second-order valence-electron chi connectivity index (χ2n) is 8.22. The monoisotopic (exact) mass is 459 g/mol. The van der Waals surface area contributed by atoms with E-state index in [1.807, 2.05) is 12.1 Å². The number of aromatic amines is 1. The molecule has 0 unspecified atom stereocenters. The summed E-state index contributed by atoms with van der Waals surface area (Å²) in [5.74, 6) is -0.0689. The zero-order chi connectivity index (χ0) is 23.7. The molecule has 3 aromatic heterocycles. The van der Waals surface area contributed by atoms with Crippen LogP contribution in [0.3, 0.4) is 0 Å². The summed E-state index contributed by atoms with van der Waals surface area (Å²) < 4.78 is 14.7. The number of carbonyl (C=O) groups is 1. The maximum Gasteiger partial charge on any atom is 0.259 e. The zero-order valence-corrected chi connectivity index (χ0v) is 18.2. The van der Waals surface area contributed by atoms with Crippen molar-refractivity contribution in [1.29, 1.82) is 0 Å². The van der Waals surface area contributed by atoms with Gasteiger partial charge in [0.25, 0.3) is 5.56 Å². The molecule has 1 saturated heterocycles. The number of anilines is 3. The van der Waals surface area contributed by atoms with Gasteiger partial charge in [0.15, 0.2) is 0 Å². The highest BCUT2D eigenvalue weighted by Crippen LogP contribution is 2.30. The van der Waals surface area contributed by atoms with Gasteiger partial charge in [-0.15, -0.1) is 0 Å². The minimum atomic E-state index is -0.582. The number of fused-ring (bicyclic) bond motifs is 1. The number of hydrogen-bond acceptors (Lipinski definition) is 7. The van der Waals surface area contributed by atoms with E-state index < -0.39 is 5.82 Å². The summed E-state index contributed by atoms with van der Waals surface area (Å²) in [6.07, 6.45) is 5.00. The summed E-state index contributed by atoms with van der Waals surface area (Å²) >= 11 is 0. The predicted octanol–water partition coefficient (Wildman–Crippen LogP) is 3.64. The van der Waals surface area contributed by atoms with Gasteiger partial charge >= 0.3 is 0 Å². The van der Waals surface area contributed by atoms with Crippen LogP contribution in [-0.4, -0.2) is 45.5 Å². The molecule has 34 heavy (non-hydrogen) atoms. The van der Waals surface area contributed by atoms with Gasteiger partial charge in [-0.3, -0.25) is 9.59 Å². The first kappa shape index (κ1) is 21.7. The predicted molar refractivity (Wildman–Crippen MR) is 128 cm³/mol. The summed E-state index contributed by atoms with van der Waals surface area (Å²) in [4.78, 5) is 37.3. The van der Waals surface area contributed by atoms with Gasteiger partial charge in [-0.2, -0.15) is 0 Å². The Balaban J connectivity index is 1.51. The molecule has 0 bridgehead atoms. The van der Waals surface area contributed by atoms with Crippen LogP contribution in [0.4, 0.5) is 21.6 Å². The Labute approximate surface area is 194 Å². The number of benzene rings is 1. The molecule has 4 heterocycles. The molecular weight excluding hydrogens is 437 g/mol. The highest BCUT2D eigenvalue weighted by Gasteiger charge is 2.18. The number of carbonyl (C=O) groups excluding carboxylic acids is 1. The van der Waals surface area contributed by atoms with E-state index in [1.165, 1.54) is 18.3 Å². The van der Waals surface area contributed by atoms with Gasteiger partial charge in [0.05, 0.1) is 40.3 Å². The molecule has 3 N–H and O–H groups in total. The maximum atomic E-state index is 14.7. The van der Waals surface area contributed by atoms with Crippen LogP contribution in [0.1, 0.15) is 23.2 Å². The lowest BCUT2D eigenvalue weighted by Gasteiger charge is -2.31. The highest BCUT2D eigenvalue weighted by atomic mass is 19.1. The molecule has 9 heteroatoms. The van der Waals surface area contributed by atoms with Crippen LogP contribution in [0.2, 0.25) is 0 Å². The summed E-state index contributed by atoms with van der Waals surface area (Å²) in [6, 6.07) is 11.1. The lowest BCUT2D eigenvalue weighted by molar-refractivity contribution is 0.112. The third-order valence-corrected chi connectivity index (χ3v) is 5.98. The third-order valence-electron chi connectivity index (χ3n) is 5.98. The molecule has 1 aliphatic heterocycles. The van der Waals surface area contributed by atoms with Gasteiger partial charge in [0.2, 0.25) is 0 Å². The molecule has 0 saturated carbocycles. The van der Waals surface area contributed by atoms with Crippen molar-refractivity contribution in [3.8, 4) is 11.3 Å². The van der Waals surface area contributed by atoms with E-state index >= 15 is 0 Å². The van der Waals surface area contributed by atoms with Crippen LogP contribution in [0, 0.1) is 5.82 Å². The summed E-state index contributed by atoms with van der Waals surface area (Å²) in [7, 11) is 0. The van der Waals surface area contributed by atoms with Gasteiger partial charge in [0.1, 0.15) is 17.9 Å². The van der Waals surface area contributed by atoms with Crippen LogP contribution in [0.15, 0.2) is 59.7 Å². The van der Waals surface area contributed by atoms with Crippen molar-refractivity contribution < 1.29 is 14.3 Å². The number of piperidine rings is 1. The largest absolute Gasteiger partial charge is 0.393 e. The van der Waals surface area contributed by atoms with Crippen molar-refractivity contribution in [3.63, 3.8) is 0 Å². The average Bonchev–Trinajstić information content (AvgIpc) is 2.85. The summed E-state index contributed by atoms with van der Waals surface area (Å²) in [5.41, 5.74) is 2.20.